The highest BCUT2D eigenvalue weighted by Gasteiger charge is 2.24. The summed E-state index contributed by atoms with van der Waals surface area (Å²) in [6, 6.07) is 0. The summed E-state index contributed by atoms with van der Waals surface area (Å²) in [6.07, 6.45) is 8.33. The number of allylic oxidation sites excluding steroid dienone is 2. The average Bonchev–Trinajstić information content (AvgIpc) is 2.49. The molecule has 0 aliphatic rings. The van der Waals surface area contributed by atoms with Crippen molar-refractivity contribution in [1.29, 1.82) is 0 Å². The molecule has 0 rings (SSSR count). The average molecular weight is 303 g/mol. The predicted molar refractivity (Wildman–Crippen MR) is 77.9 cm³/mol. The second-order valence-corrected chi connectivity index (χ2v) is 5.22. The van der Waals surface area contributed by atoms with Crippen LogP contribution in [0.1, 0.15) is 39.0 Å². The van der Waals surface area contributed by atoms with E-state index < -0.39 is 5.97 Å². The minimum absolute atomic E-state index is 0.0880. The first-order valence-electron chi connectivity index (χ1n) is 7.56. The number of carbonyl (C=O) groups excluding carboxylic acids is 1. The van der Waals surface area contributed by atoms with Crippen molar-refractivity contribution in [2.24, 2.45) is 0 Å². The van der Waals surface area contributed by atoms with Gasteiger partial charge in [0.15, 0.2) is 13.5 Å². The molecule has 0 saturated heterocycles. The molecular formula is C15H29NO5. The van der Waals surface area contributed by atoms with E-state index in [1.165, 1.54) is 0 Å². The number of hydrogen-bond donors (Lipinski definition) is 2. The molecule has 0 unspecified atom stereocenters. The Balaban J connectivity index is 3.75. The van der Waals surface area contributed by atoms with Gasteiger partial charge < -0.3 is 24.9 Å². The fourth-order valence-electron chi connectivity index (χ4n) is 1.94. The Morgan fingerprint density at radius 1 is 1.14 bits per heavy atom. The molecule has 124 valence electrons. The van der Waals surface area contributed by atoms with Gasteiger partial charge in [0.1, 0.15) is 6.54 Å². The number of hydrogen-bond acceptors (Lipinski definition) is 5. The molecule has 0 radical (unpaired) electrons. The number of quaternary nitrogens is 1. The van der Waals surface area contributed by atoms with E-state index in [2.05, 4.69) is 6.08 Å². The Labute approximate surface area is 127 Å². The molecule has 21 heavy (non-hydrogen) atoms. The first kappa shape index (κ1) is 20.1. The van der Waals surface area contributed by atoms with Gasteiger partial charge in [-0.1, -0.05) is 18.6 Å². The van der Waals surface area contributed by atoms with Crippen LogP contribution in [0.2, 0.25) is 0 Å². The zero-order valence-electron chi connectivity index (χ0n) is 13.0. The lowest BCUT2D eigenvalue weighted by atomic mass is 10.2. The molecule has 0 fully saturated rings. The monoisotopic (exact) mass is 303 g/mol. The van der Waals surface area contributed by atoms with Gasteiger partial charge in [-0.2, -0.15) is 0 Å². The van der Waals surface area contributed by atoms with Gasteiger partial charge in [-0.3, -0.25) is 4.48 Å². The first-order valence-corrected chi connectivity index (χ1v) is 7.56. The largest absolute Gasteiger partial charge is 0.550 e. The number of carboxylic acids is 1. The highest BCUT2D eigenvalue weighted by molar-refractivity contribution is 5.64. The number of aliphatic carboxylic acids is 1. The number of nitrogens with zero attached hydrogens (tertiary/aromatic N) is 1. The molecule has 0 atom stereocenters. The van der Waals surface area contributed by atoms with E-state index in [1.54, 1.807) is 0 Å². The van der Waals surface area contributed by atoms with Crippen LogP contribution >= 0.6 is 0 Å². The zero-order valence-corrected chi connectivity index (χ0v) is 13.0. The number of carboxylic acid groups (broad SMARTS) is 1. The van der Waals surface area contributed by atoms with E-state index in [4.69, 9.17) is 4.74 Å². The molecule has 0 aliphatic carbocycles. The second-order valence-electron chi connectivity index (χ2n) is 5.22. The lowest BCUT2D eigenvalue weighted by Gasteiger charge is -2.34. The quantitative estimate of drug-likeness (QED) is 0.204. The number of aliphatic hydroxyl groups excluding tert-OH is 2. The van der Waals surface area contributed by atoms with Crippen LogP contribution in [0.25, 0.3) is 0 Å². The fourth-order valence-corrected chi connectivity index (χ4v) is 1.94. The van der Waals surface area contributed by atoms with E-state index in [-0.39, 0.29) is 30.9 Å². The Morgan fingerprint density at radius 3 is 2.43 bits per heavy atom. The minimum atomic E-state index is -1.18. The van der Waals surface area contributed by atoms with Crippen LogP contribution in [0.15, 0.2) is 12.2 Å². The molecule has 6 nitrogen and oxygen atoms in total. The molecule has 0 bridgehead atoms. The highest BCUT2D eigenvalue weighted by atomic mass is 16.5. The van der Waals surface area contributed by atoms with Gasteiger partial charge in [-0.05, 0) is 26.2 Å². The van der Waals surface area contributed by atoms with Crippen molar-refractivity contribution >= 4 is 5.97 Å². The zero-order chi connectivity index (χ0) is 16.0. The van der Waals surface area contributed by atoms with Crippen molar-refractivity contribution in [3.63, 3.8) is 0 Å². The summed E-state index contributed by atoms with van der Waals surface area (Å²) in [6.45, 7) is 2.96. The van der Waals surface area contributed by atoms with Crippen LogP contribution in [-0.4, -0.2) is 60.4 Å². The van der Waals surface area contributed by atoms with Gasteiger partial charge in [0, 0.05) is 19.0 Å². The molecule has 0 saturated carbocycles. The summed E-state index contributed by atoms with van der Waals surface area (Å²) < 4.78 is 5.40. The van der Waals surface area contributed by atoms with Crippen molar-refractivity contribution in [2.45, 2.75) is 39.0 Å². The third-order valence-electron chi connectivity index (χ3n) is 3.50. The van der Waals surface area contributed by atoms with E-state index >= 15 is 0 Å². The summed E-state index contributed by atoms with van der Waals surface area (Å²) in [4.78, 5) is 10.5. The van der Waals surface area contributed by atoms with E-state index in [9.17, 15) is 20.1 Å². The van der Waals surface area contributed by atoms with Crippen molar-refractivity contribution in [1.82, 2.24) is 0 Å². The minimum Gasteiger partial charge on any atom is -0.550 e. The van der Waals surface area contributed by atoms with Crippen LogP contribution in [0.3, 0.4) is 0 Å². The topological polar surface area (TPSA) is 89.8 Å². The molecule has 0 aliphatic heterocycles. The lowest BCUT2D eigenvalue weighted by Crippen LogP contribution is -2.53. The normalized spacial score (nSPS) is 12.1. The smallest absolute Gasteiger partial charge is 0.182 e. The highest BCUT2D eigenvalue weighted by Crippen LogP contribution is 2.06. The maximum Gasteiger partial charge on any atom is 0.182 e. The van der Waals surface area contributed by atoms with Gasteiger partial charge in [-0.25, -0.2) is 0 Å². The summed E-state index contributed by atoms with van der Waals surface area (Å²) in [7, 11) is 0. The van der Waals surface area contributed by atoms with Crippen LogP contribution < -0.4 is 5.11 Å². The number of ether oxygens (including phenoxy) is 1. The molecule has 0 spiro atoms. The summed E-state index contributed by atoms with van der Waals surface area (Å²) in [5.74, 6) is -1.18. The molecular weight excluding hydrogens is 274 g/mol. The molecule has 0 aromatic heterocycles. The van der Waals surface area contributed by atoms with Crippen LogP contribution in [0.5, 0.6) is 0 Å². The van der Waals surface area contributed by atoms with Crippen molar-refractivity contribution in [3.05, 3.63) is 12.2 Å². The second kappa shape index (κ2) is 12.8. The maximum absolute atomic E-state index is 10.5. The van der Waals surface area contributed by atoms with Gasteiger partial charge in [0.2, 0.25) is 0 Å². The summed E-state index contributed by atoms with van der Waals surface area (Å²) in [5.41, 5.74) is 0. The van der Waals surface area contributed by atoms with Crippen molar-refractivity contribution < 1.29 is 29.3 Å². The third kappa shape index (κ3) is 10.4. The van der Waals surface area contributed by atoms with Gasteiger partial charge in [-0.15, -0.1) is 0 Å². The Kier molecular flexibility index (Phi) is 12.2. The lowest BCUT2D eigenvalue weighted by molar-refractivity contribution is -0.961. The van der Waals surface area contributed by atoms with Gasteiger partial charge in [0.25, 0.3) is 0 Å². The van der Waals surface area contributed by atoms with Gasteiger partial charge in [0.05, 0.1) is 13.2 Å². The molecule has 0 amide bonds. The molecule has 2 N–H and O–H groups in total. The van der Waals surface area contributed by atoms with Crippen molar-refractivity contribution in [2.75, 3.05) is 39.8 Å². The number of rotatable bonds is 14. The van der Waals surface area contributed by atoms with Gasteiger partial charge >= 0.3 is 0 Å². The SMILES string of the molecule is C/C=C/CCCCCOCC[N+](CO)(CO)CCC(=O)[O-]. The number of carbonyl (C=O) groups is 1. The predicted octanol–water partition coefficient (Wildman–Crippen LogP) is -0.00410. The van der Waals surface area contributed by atoms with Crippen LogP contribution in [0.4, 0.5) is 0 Å². The Morgan fingerprint density at radius 2 is 1.86 bits per heavy atom. The summed E-state index contributed by atoms with van der Waals surface area (Å²) in [5, 5.41) is 29.2. The number of aliphatic hydroxyl groups is 2. The standard InChI is InChI=1S/C15H29NO5/c1-2-3-4-5-6-7-11-21-12-10-16(13-17,14-18)9-8-15(19)20/h2-3,17-18H,4-14H2,1H3/b3-2+. The first-order chi connectivity index (χ1) is 10.1. The molecule has 0 aromatic carbocycles. The van der Waals surface area contributed by atoms with Crippen LogP contribution in [-0.2, 0) is 9.53 Å². The van der Waals surface area contributed by atoms with Crippen molar-refractivity contribution in [3.8, 4) is 0 Å². The number of unbranched alkanes of at least 4 members (excludes halogenated alkanes) is 3. The third-order valence-corrected chi connectivity index (χ3v) is 3.50. The Bertz CT molecular complexity index is 290. The maximum atomic E-state index is 10.5. The molecule has 0 heterocycles. The van der Waals surface area contributed by atoms with E-state index in [1.807, 2.05) is 13.0 Å². The van der Waals surface area contributed by atoms with Crippen LogP contribution in [0, 0.1) is 0 Å². The van der Waals surface area contributed by atoms with E-state index in [0.717, 1.165) is 25.7 Å². The van der Waals surface area contributed by atoms with E-state index in [0.29, 0.717) is 19.8 Å². The Hall–Kier alpha value is -0.950. The molecule has 6 heteroatoms. The fraction of sp³-hybridized carbons (Fsp3) is 0.800. The summed E-state index contributed by atoms with van der Waals surface area (Å²) >= 11 is 0. The molecule has 0 aromatic rings.